The third kappa shape index (κ3) is 3.24. The number of thiophene rings is 1. The third-order valence-electron chi connectivity index (χ3n) is 4.25. The maximum Gasteiger partial charge on any atom is 0.290 e. The van der Waals surface area contributed by atoms with Crippen LogP contribution in [-0.2, 0) is 16.1 Å². The molecule has 2 aromatic rings. The molecule has 0 bridgehead atoms. The molecule has 0 saturated carbocycles. The predicted molar refractivity (Wildman–Crippen MR) is 98.2 cm³/mol. The molecule has 5 heteroatoms. The normalized spacial score (nSPS) is 18.1. The van der Waals surface area contributed by atoms with Crippen molar-refractivity contribution in [1.29, 1.82) is 0 Å². The lowest BCUT2D eigenvalue weighted by Gasteiger charge is -2.28. The van der Waals surface area contributed by atoms with E-state index >= 15 is 0 Å². The molecule has 1 amide bonds. The summed E-state index contributed by atoms with van der Waals surface area (Å²) in [4.78, 5) is 28.3. The summed E-state index contributed by atoms with van der Waals surface area (Å²) >= 11 is 1.55. The summed E-state index contributed by atoms with van der Waals surface area (Å²) in [5.74, 6) is -1.12. The Balaban J connectivity index is 2.08. The van der Waals surface area contributed by atoms with Crippen molar-refractivity contribution in [2.24, 2.45) is 5.41 Å². The standard InChI is InChI=1S/C20H21NO3S/c1-20(2,3)18(23)15-16(13-8-5-4-6-9-13)21(19(24)17(15)22)12-14-10-7-11-25-14/h4-11,16,22H,12H2,1-3H3. The molecule has 0 aliphatic carbocycles. The minimum Gasteiger partial charge on any atom is -0.503 e. The number of hydrogen-bond acceptors (Lipinski definition) is 4. The Morgan fingerprint density at radius 1 is 1.16 bits per heavy atom. The topological polar surface area (TPSA) is 57.6 Å². The van der Waals surface area contributed by atoms with E-state index < -0.39 is 23.1 Å². The summed E-state index contributed by atoms with van der Waals surface area (Å²) in [7, 11) is 0. The smallest absolute Gasteiger partial charge is 0.290 e. The van der Waals surface area contributed by atoms with Crippen LogP contribution in [0.25, 0.3) is 0 Å². The molecule has 1 atom stereocenters. The third-order valence-corrected chi connectivity index (χ3v) is 5.11. The van der Waals surface area contributed by atoms with Crippen LogP contribution in [0.4, 0.5) is 0 Å². The van der Waals surface area contributed by atoms with Crippen LogP contribution in [0.5, 0.6) is 0 Å². The highest BCUT2D eigenvalue weighted by Crippen LogP contribution is 2.41. The number of benzene rings is 1. The number of aliphatic hydroxyl groups excluding tert-OH is 1. The second kappa shape index (κ2) is 6.48. The van der Waals surface area contributed by atoms with E-state index in [4.69, 9.17) is 0 Å². The van der Waals surface area contributed by atoms with Gasteiger partial charge in [-0.1, -0.05) is 57.2 Å². The minimum atomic E-state index is -0.685. The van der Waals surface area contributed by atoms with E-state index in [1.54, 1.807) is 37.0 Å². The molecule has 1 unspecified atom stereocenters. The number of nitrogens with zero attached hydrogens (tertiary/aromatic N) is 1. The van der Waals surface area contributed by atoms with Crippen molar-refractivity contribution in [2.45, 2.75) is 33.4 Å². The molecule has 25 heavy (non-hydrogen) atoms. The van der Waals surface area contributed by atoms with Crippen LogP contribution in [-0.4, -0.2) is 21.7 Å². The lowest BCUT2D eigenvalue weighted by atomic mass is 9.82. The van der Waals surface area contributed by atoms with Gasteiger partial charge in [0.25, 0.3) is 5.91 Å². The molecule has 130 valence electrons. The van der Waals surface area contributed by atoms with Gasteiger partial charge in [-0.15, -0.1) is 11.3 Å². The highest BCUT2D eigenvalue weighted by atomic mass is 32.1. The minimum absolute atomic E-state index is 0.195. The van der Waals surface area contributed by atoms with Gasteiger partial charge in [-0.25, -0.2) is 0 Å². The maximum atomic E-state index is 13.0. The van der Waals surface area contributed by atoms with Crippen molar-refractivity contribution < 1.29 is 14.7 Å². The van der Waals surface area contributed by atoms with Gasteiger partial charge in [0.15, 0.2) is 11.5 Å². The van der Waals surface area contributed by atoms with Gasteiger partial charge in [0.05, 0.1) is 18.2 Å². The van der Waals surface area contributed by atoms with Crippen LogP contribution in [0.2, 0.25) is 0 Å². The van der Waals surface area contributed by atoms with Crippen LogP contribution in [0.3, 0.4) is 0 Å². The molecule has 1 aliphatic heterocycles. The molecule has 1 aliphatic rings. The molecule has 2 heterocycles. The molecule has 0 radical (unpaired) electrons. The lowest BCUT2D eigenvalue weighted by molar-refractivity contribution is -0.130. The van der Waals surface area contributed by atoms with Crippen molar-refractivity contribution in [1.82, 2.24) is 4.90 Å². The zero-order chi connectivity index (χ0) is 18.2. The van der Waals surface area contributed by atoms with Crippen LogP contribution < -0.4 is 0 Å². The summed E-state index contributed by atoms with van der Waals surface area (Å²) < 4.78 is 0. The summed E-state index contributed by atoms with van der Waals surface area (Å²) in [5.41, 5.74) is 0.333. The fraction of sp³-hybridized carbons (Fsp3) is 0.300. The van der Waals surface area contributed by atoms with Crippen LogP contribution in [0.1, 0.15) is 37.3 Å². The molecule has 4 nitrogen and oxygen atoms in total. The Kier molecular flexibility index (Phi) is 4.52. The van der Waals surface area contributed by atoms with Gasteiger partial charge in [0, 0.05) is 10.3 Å². The first-order valence-corrected chi connectivity index (χ1v) is 9.05. The van der Waals surface area contributed by atoms with E-state index in [0.29, 0.717) is 6.54 Å². The van der Waals surface area contributed by atoms with E-state index in [0.717, 1.165) is 10.4 Å². The Bertz CT molecular complexity index is 816. The summed E-state index contributed by atoms with van der Waals surface area (Å²) in [5, 5.41) is 12.4. The van der Waals surface area contributed by atoms with Gasteiger partial charge in [-0.2, -0.15) is 0 Å². The number of aliphatic hydroxyl groups is 1. The number of carbonyl (C=O) groups is 2. The summed E-state index contributed by atoms with van der Waals surface area (Å²) in [6.07, 6.45) is 0. The number of hydrogen-bond donors (Lipinski definition) is 1. The van der Waals surface area contributed by atoms with Gasteiger partial charge in [0.1, 0.15) is 0 Å². The highest BCUT2D eigenvalue weighted by Gasteiger charge is 2.45. The molecule has 1 aromatic carbocycles. The molecular weight excluding hydrogens is 334 g/mol. The maximum absolute atomic E-state index is 13.0. The lowest BCUT2D eigenvalue weighted by Crippen LogP contribution is -2.32. The Hall–Kier alpha value is -2.40. The zero-order valence-electron chi connectivity index (χ0n) is 14.5. The summed E-state index contributed by atoms with van der Waals surface area (Å²) in [6, 6.07) is 12.7. The van der Waals surface area contributed by atoms with Gasteiger partial charge in [-0.3, -0.25) is 9.59 Å². The molecule has 0 fully saturated rings. The van der Waals surface area contributed by atoms with E-state index in [1.165, 1.54) is 0 Å². The number of amides is 1. The molecule has 0 saturated heterocycles. The number of rotatable bonds is 4. The zero-order valence-corrected chi connectivity index (χ0v) is 15.3. The SMILES string of the molecule is CC(C)(C)C(=O)C1=C(O)C(=O)N(Cc2cccs2)C1c1ccccc1. The predicted octanol–water partition coefficient (Wildman–Crippen LogP) is 4.26. The van der Waals surface area contributed by atoms with Crippen LogP contribution in [0.15, 0.2) is 59.2 Å². The monoisotopic (exact) mass is 355 g/mol. The fourth-order valence-corrected chi connectivity index (χ4v) is 3.71. The first-order valence-electron chi connectivity index (χ1n) is 8.17. The van der Waals surface area contributed by atoms with Crippen LogP contribution >= 0.6 is 11.3 Å². The second-order valence-electron chi connectivity index (χ2n) is 7.17. The first kappa shape index (κ1) is 17.4. The van der Waals surface area contributed by atoms with Crippen molar-refractivity contribution in [3.63, 3.8) is 0 Å². The number of Topliss-reactive ketones (excluding diaryl/α,β-unsaturated/α-hetero) is 1. The first-order chi connectivity index (χ1) is 11.8. The van der Waals surface area contributed by atoms with Gasteiger partial charge < -0.3 is 10.0 Å². The van der Waals surface area contributed by atoms with E-state index in [1.807, 2.05) is 47.8 Å². The molecule has 0 spiro atoms. The molecule has 1 aromatic heterocycles. The number of carbonyl (C=O) groups excluding carboxylic acids is 2. The average molecular weight is 355 g/mol. The largest absolute Gasteiger partial charge is 0.503 e. The van der Waals surface area contributed by atoms with Crippen molar-refractivity contribution in [3.8, 4) is 0 Å². The molecular formula is C20H21NO3S. The number of ketones is 1. The van der Waals surface area contributed by atoms with Crippen molar-refractivity contribution >= 4 is 23.0 Å². The van der Waals surface area contributed by atoms with Crippen LogP contribution in [0, 0.1) is 5.41 Å². The van der Waals surface area contributed by atoms with Gasteiger partial charge in [-0.05, 0) is 17.0 Å². The van der Waals surface area contributed by atoms with E-state index in [2.05, 4.69) is 0 Å². The van der Waals surface area contributed by atoms with E-state index in [-0.39, 0.29) is 11.4 Å². The van der Waals surface area contributed by atoms with Gasteiger partial charge in [0.2, 0.25) is 0 Å². The van der Waals surface area contributed by atoms with Crippen molar-refractivity contribution in [3.05, 3.63) is 69.6 Å². The average Bonchev–Trinajstić information content (AvgIpc) is 3.16. The Morgan fingerprint density at radius 3 is 2.40 bits per heavy atom. The highest BCUT2D eigenvalue weighted by molar-refractivity contribution is 7.09. The second-order valence-corrected chi connectivity index (χ2v) is 8.20. The quantitative estimate of drug-likeness (QED) is 0.891. The molecule has 1 N–H and O–H groups in total. The Labute approximate surface area is 151 Å². The van der Waals surface area contributed by atoms with Crippen molar-refractivity contribution in [2.75, 3.05) is 0 Å². The molecule has 3 rings (SSSR count). The van der Waals surface area contributed by atoms with Gasteiger partial charge >= 0.3 is 0 Å². The van der Waals surface area contributed by atoms with E-state index in [9.17, 15) is 14.7 Å². The summed E-state index contributed by atoms with van der Waals surface area (Å²) in [6.45, 7) is 5.75. The Morgan fingerprint density at radius 2 is 1.84 bits per heavy atom. The fourth-order valence-electron chi connectivity index (χ4n) is 3.01.